The van der Waals surface area contributed by atoms with Gasteiger partial charge in [-0.1, -0.05) is 32.0 Å². The van der Waals surface area contributed by atoms with E-state index in [0.29, 0.717) is 5.57 Å². The lowest BCUT2D eigenvalue weighted by Crippen LogP contribution is -2.82. The van der Waals surface area contributed by atoms with Crippen LogP contribution in [0.1, 0.15) is 64.7 Å². The maximum Gasteiger partial charge on any atom is 0.509 e. The molecule has 3 N–H and O–H groups in total. The highest BCUT2D eigenvalue weighted by Crippen LogP contribution is 2.64. The summed E-state index contributed by atoms with van der Waals surface area (Å²) in [7, 11) is 0. The molecule has 1 unspecified atom stereocenters. The van der Waals surface area contributed by atoms with Gasteiger partial charge in [-0.25, -0.2) is 9.59 Å². The molecular weight excluding hydrogens is 576 g/mol. The number of ether oxygens (including phenoxy) is 5. The second kappa shape index (κ2) is 10.9. The van der Waals surface area contributed by atoms with Crippen LogP contribution in [0.4, 0.5) is 4.79 Å². The zero-order valence-electron chi connectivity index (χ0n) is 25.7. The Morgan fingerprint density at radius 1 is 1.07 bits per heavy atom. The number of aliphatic hydroxyl groups excluding tert-OH is 2. The lowest BCUT2D eigenvalue weighted by Gasteiger charge is -2.67. The minimum Gasteiger partial charge on any atom is -0.455 e. The number of ketones is 1. The minimum absolute atomic E-state index is 0.0263. The highest BCUT2D eigenvalue weighted by Gasteiger charge is 2.78. The highest BCUT2D eigenvalue weighted by atomic mass is 16.8. The number of esters is 2. The van der Waals surface area contributed by atoms with E-state index in [0.717, 1.165) is 6.92 Å². The molecule has 240 valence electrons. The summed E-state index contributed by atoms with van der Waals surface area (Å²) in [4.78, 5) is 54.0. The molecule has 9 atom stereocenters. The Balaban J connectivity index is 1.83. The lowest BCUT2D eigenvalue weighted by molar-refractivity contribution is -0.344. The Morgan fingerprint density at radius 3 is 2.30 bits per heavy atom. The van der Waals surface area contributed by atoms with Crippen LogP contribution in [0.25, 0.3) is 0 Å². The highest BCUT2D eigenvalue weighted by molar-refractivity contribution is 5.95. The van der Waals surface area contributed by atoms with E-state index in [2.05, 4.69) is 0 Å². The van der Waals surface area contributed by atoms with E-state index in [4.69, 9.17) is 23.7 Å². The van der Waals surface area contributed by atoms with Crippen LogP contribution in [0, 0.1) is 16.7 Å². The number of hydrogen-bond donors (Lipinski definition) is 3. The molecule has 1 saturated heterocycles. The van der Waals surface area contributed by atoms with Crippen LogP contribution in [0.2, 0.25) is 0 Å². The smallest absolute Gasteiger partial charge is 0.455 e. The van der Waals surface area contributed by atoms with Gasteiger partial charge in [0.1, 0.15) is 17.8 Å². The van der Waals surface area contributed by atoms with E-state index in [-0.39, 0.29) is 37.2 Å². The van der Waals surface area contributed by atoms with Gasteiger partial charge in [0.2, 0.25) is 0 Å². The van der Waals surface area contributed by atoms with Gasteiger partial charge in [0.15, 0.2) is 17.5 Å². The summed E-state index contributed by atoms with van der Waals surface area (Å²) >= 11 is 0. The van der Waals surface area contributed by atoms with Crippen molar-refractivity contribution in [2.45, 2.75) is 96.1 Å². The van der Waals surface area contributed by atoms with Crippen LogP contribution in [-0.4, -0.2) is 94.1 Å². The summed E-state index contributed by atoms with van der Waals surface area (Å²) in [6.45, 7) is 8.65. The third-order valence-electron chi connectivity index (χ3n) is 10.4. The van der Waals surface area contributed by atoms with Crippen LogP contribution >= 0.6 is 0 Å². The first kappa shape index (κ1) is 32.1. The van der Waals surface area contributed by atoms with Gasteiger partial charge in [0.05, 0.1) is 42.3 Å². The summed E-state index contributed by atoms with van der Waals surface area (Å²) < 4.78 is 28.7. The van der Waals surface area contributed by atoms with E-state index >= 15 is 0 Å². The second-order valence-corrected chi connectivity index (χ2v) is 13.0. The van der Waals surface area contributed by atoms with Crippen molar-refractivity contribution in [3.8, 4) is 0 Å². The van der Waals surface area contributed by atoms with Gasteiger partial charge in [0.25, 0.3) is 0 Å². The van der Waals surface area contributed by atoms with E-state index in [9.17, 15) is 34.5 Å². The number of carbonyl (C=O) groups is 4. The van der Waals surface area contributed by atoms with E-state index in [1.54, 1.807) is 45.9 Å². The Kier molecular flexibility index (Phi) is 7.97. The molecule has 1 aromatic carbocycles. The molecule has 44 heavy (non-hydrogen) atoms. The molecule has 4 aliphatic rings. The van der Waals surface area contributed by atoms with Crippen LogP contribution in [0.15, 0.2) is 41.5 Å². The van der Waals surface area contributed by atoms with Gasteiger partial charge in [-0.3, -0.25) is 9.59 Å². The van der Waals surface area contributed by atoms with Crippen molar-refractivity contribution in [1.82, 2.24) is 0 Å². The average Bonchev–Trinajstić information content (AvgIpc) is 2.95. The van der Waals surface area contributed by atoms with Crippen molar-refractivity contribution in [3.63, 3.8) is 0 Å². The van der Waals surface area contributed by atoms with Crippen molar-refractivity contribution in [1.29, 1.82) is 0 Å². The van der Waals surface area contributed by atoms with Gasteiger partial charge < -0.3 is 39.0 Å². The third kappa shape index (κ3) is 4.48. The van der Waals surface area contributed by atoms with Gasteiger partial charge in [-0.05, 0) is 44.1 Å². The SMILES string of the molecule is CCOC(=O)O[C@@]12CO[C@@H]1C[C@H](O)[C@@]1(C)C(=O)[C@H](OC(C)=O)C3=C(C)[C@@H](O)C[C@@](O)([C@@H](OC(=O)c4ccccc4)C12)C3(C)C. The van der Waals surface area contributed by atoms with Gasteiger partial charge in [-0.15, -0.1) is 0 Å². The molecular formula is C32H40O12. The monoisotopic (exact) mass is 616 g/mol. The lowest BCUT2D eigenvalue weighted by atomic mass is 9.44. The normalized spacial score (nSPS) is 39.0. The Hall–Kier alpha value is -3.32. The van der Waals surface area contributed by atoms with Gasteiger partial charge in [-0.2, -0.15) is 0 Å². The topological polar surface area (TPSA) is 175 Å². The molecule has 0 spiro atoms. The van der Waals surface area contributed by atoms with Crippen LogP contribution in [0.5, 0.6) is 0 Å². The Labute approximate surface area is 255 Å². The maximum absolute atomic E-state index is 14.9. The summed E-state index contributed by atoms with van der Waals surface area (Å²) in [5, 5.41) is 36.0. The molecule has 2 bridgehead atoms. The molecule has 1 aromatic rings. The first-order valence-corrected chi connectivity index (χ1v) is 14.8. The standard InChI is InChI=1S/C32H40O12/c1-7-40-28(38)44-31-15-41-21(31)13-20(35)30(6)24(31)26(43-27(37)18-11-9-8-10-12-18)32(39)14-19(34)16(2)22(29(32,4)5)23(25(30)36)42-17(3)33/h8-12,19-21,23-24,26,34-35,39H,7,13-15H2,1-6H3/t19-,20-,21+,23+,24?,26-,30+,31-,32+/m0/s1. The number of hydrogen-bond acceptors (Lipinski definition) is 12. The third-order valence-corrected chi connectivity index (χ3v) is 10.4. The molecule has 3 fully saturated rings. The number of fused-ring (bicyclic) bond motifs is 5. The summed E-state index contributed by atoms with van der Waals surface area (Å²) in [5.41, 5.74) is -6.69. The van der Waals surface area contributed by atoms with Crippen molar-refractivity contribution in [2.24, 2.45) is 16.7 Å². The zero-order chi connectivity index (χ0) is 32.4. The molecule has 0 amide bonds. The van der Waals surface area contributed by atoms with E-state index in [1.807, 2.05) is 0 Å². The molecule has 12 heteroatoms. The fourth-order valence-corrected chi connectivity index (χ4v) is 7.94. The molecule has 3 aliphatic carbocycles. The van der Waals surface area contributed by atoms with Crippen molar-refractivity contribution in [3.05, 3.63) is 47.0 Å². The first-order chi connectivity index (χ1) is 20.6. The predicted molar refractivity (Wildman–Crippen MR) is 151 cm³/mol. The number of aliphatic hydroxyl groups is 3. The van der Waals surface area contributed by atoms with Gasteiger partial charge >= 0.3 is 18.1 Å². The Bertz CT molecular complexity index is 1390. The molecule has 0 aromatic heterocycles. The summed E-state index contributed by atoms with van der Waals surface area (Å²) in [6, 6.07) is 8.00. The fraction of sp³-hybridized carbons (Fsp3) is 0.625. The zero-order valence-corrected chi connectivity index (χ0v) is 25.7. The average molecular weight is 617 g/mol. The molecule has 0 radical (unpaired) electrons. The molecule has 1 aliphatic heterocycles. The van der Waals surface area contributed by atoms with E-state index in [1.165, 1.54) is 19.1 Å². The minimum atomic E-state index is -2.15. The van der Waals surface area contributed by atoms with Gasteiger partial charge in [0, 0.05) is 25.2 Å². The molecule has 1 heterocycles. The molecule has 2 saturated carbocycles. The van der Waals surface area contributed by atoms with Crippen LogP contribution < -0.4 is 0 Å². The van der Waals surface area contributed by atoms with Crippen molar-refractivity contribution in [2.75, 3.05) is 13.2 Å². The van der Waals surface area contributed by atoms with Crippen LogP contribution in [-0.2, 0) is 33.3 Å². The molecule has 5 rings (SSSR count). The number of carbonyl (C=O) groups excluding carboxylic acids is 4. The summed E-state index contributed by atoms with van der Waals surface area (Å²) in [5.74, 6) is -3.86. The van der Waals surface area contributed by atoms with E-state index < -0.39 is 82.3 Å². The fourth-order valence-electron chi connectivity index (χ4n) is 7.94. The largest absolute Gasteiger partial charge is 0.509 e. The number of rotatable bonds is 5. The van der Waals surface area contributed by atoms with Crippen LogP contribution in [0.3, 0.4) is 0 Å². The quantitative estimate of drug-likeness (QED) is 0.250. The maximum atomic E-state index is 14.9. The number of benzene rings is 1. The predicted octanol–water partition coefficient (Wildman–Crippen LogP) is 2.26. The van der Waals surface area contributed by atoms with Crippen molar-refractivity contribution >= 4 is 23.9 Å². The first-order valence-electron chi connectivity index (χ1n) is 14.8. The number of Topliss-reactive ketones (excluding diaryl/α,β-unsaturated/α-hetero) is 1. The Morgan fingerprint density at radius 2 is 1.73 bits per heavy atom. The molecule has 12 nitrogen and oxygen atoms in total. The van der Waals surface area contributed by atoms with Crippen molar-refractivity contribution < 1.29 is 58.2 Å². The second-order valence-electron chi connectivity index (χ2n) is 13.0. The summed E-state index contributed by atoms with van der Waals surface area (Å²) in [6.07, 6.45) is -8.66.